The molecule has 2 heterocycles. The summed E-state index contributed by atoms with van der Waals surface area (Å²) in [6, 6.07) is 7.58. The molecule has 5 heteroatoms. The van der Waals surface area contributed by atoms with Crippen LogP contribution < -0.4 is 5.32 Å². The molecule has 2 aromatic rings. The first-order chi connectivity index (χ1) is 11.5. The van der Waals surface area contributed by atoms with E-state index in [0.717, 1.165) is 28.2 Å². The SMILES string of the molecule is CCOC(=O)c1c(C)c(C=C2C(=O)Nc3ccccc32)n(C)c1C. The first-order valence-electron chi connectivity index (χ1n) is 7.91. The molecule has 5 nitrogen and oxygen atoms in total. The van der Waals surface area contributed by atoms with Gasteiger partial charge in [0.1, 0.15) is 0 Å². The number of carbonyl (C=O) groups is 2. The fraction of sp³-hybridized carbons (Fsp3) is 0.263. The zero-order valence-corrected chi connectivity index (χ0v) is 14.3. The molecule has 124 valence electrons. The van der Waals surface area contributed by atoms with E-state index >= 15 is 0 Å². The van der Waals surface area contributed by atoms with Crippen molar-refractivity contribution in [3.8, 4) is 0 Å². The van der Waals surface area contributed by atoms with E-state index in [1.807, 2.05) is 55.8 Å². The Bertz CT molecular complexity index is 875. The van der Waals surface area contributed by atoms with Crippen molar-refractivity contribution >= 4 is 29.2 Å². The van der Waals surface area contributed by atoms with Gasteiger partial charge < -0.3 is 14.6 Å². The molecule has 0 unspecified atom stereocenters. The van der Waals surface area contributed by atoms with Crippen LogP contribution in [0.2, 0.25) is 0 Å². The van der Waals surface area contributed by atoms with E-state index in [-0.39, 0.29) is 11.9 Å². The van der Waals surface area contributed by atoms with Crippen molar-refractivity contribution in [1.82, 2.24) is 4.57 Å². The van der Waals surface area contributed by atoms with Crippen molar-refractivity contribution in [3.63, 3.8) is 0 Å². The third-order valence-electron chi connectivity index (χ3n) is 4.46. The molecule has 0 saturated heterocycles. The third kappa shape index (κ3) is 2.42. The van der Waals surface area contributed by atoms with Crippen LogP contribution in [-0.4, -0.2) is 23.1 Å². The Balaban J connectivity index is 2.13. The number of esters is 1. The highest BCUT2D eigenvalue weighted by Gasteiger charge is 2.26. The van der Waals surface area contributed by atoms with Crippen LogP contribution in [0.3, 0.4) is 0 Å². The average molecular weight is 324 g/mol. The molecule has 24 heavy (non-hydrogen) atoms. The van der Waals surface area contributed by atoms with Crippen molar-refractivity contribution in [2.75, 3.05) is 11.9 Å². The average Bonchev–Trinajstić information content (AvgIpc) is 2.97. The van der Waals surface area contributed by atoms with E-state index in [1.54, 1.807) is 6.92 Å². The molecule has 0 spiro atoms. The van der Waals surface area contributed by atoms with E-state index in [1.165, 1.54) is 0 Å². The van der Waals surface area contributed by atoms with E-state index < -0.39 is 0 Å². The Hall–Kier alpha value is -2.82. The topological polar surface area (TPSA) is 60.3 Å². The van der Waals surface area contributed by atoms with Crippen LogP contribution in [0.5, 0.6) is 0 Å². The number of anilines is 1. The van der Waals surface area contributed by atoms with Gasteiger partial charge in [-0.15, -0.1) is 0 Å². The smallest absolute Gasteiger partial charge is 0.340 e. The molecule has 1 amide bonds. The minimum absolute atomic E-state index is 0.132. The van der Waals surface area contributed by atoms with Crippen LogP contribution in [0.25, 0.3) is 11.6 Å². The second-order valence-electron chi connectivity index (χ2n) is 5.81. The Morgan fingerprint density at radius 1 is 1.29 bits per heavy atom. The number of nitrogens with one attached hydrogen (secondary N) is 1. The van der Waals surface area contributed by atoms with Gasteiger partial charge in [0.15, 0.2) is 0 Å². The summed E-state index contributed by atoms with van der Waals surface area (Å²) in [4.78, 5) is 24.5. The summed E-state index contributed by atoms with van der Waals surface area (Å²) in [7, 11) is 1.89. The van der Waals surface area contributed by atoms with Gasteiger partial charge in [0, 0.05) is 29.7 Å². The van der Waals surface area contributed by atoms with Crippen molar-refractivity contribution in [2.45, 2.75) is 20.8 Å². The number of aromatic nitrogens is 1. The predicted molar refractivity (Wildman–Crippen MR) is 93.8 cm³/mol. The van der Waals surface area contributed by atoms with Crippen LogP contribution in [-0.2, 0) is 16.6 Å². The zero-order chi connectivity index (χ0) is 17.4. The summed E-state index contributed by atoms with van der Waals surface area (Å²) < 4.78 is 7.07. The zero-order valence-electron chi connectivity index (χ0n) is 14.3. The van der Waals surface area contributed by atoms with Gasteiger partial charge in [-0.3, -0.25) is 4.79 Å². The lowest BCUT2D eigenvalue weighted by molar-refractivity contribution is -0.110. The van der Waals surface area contributed by atoms with Crippen molar-refractivity contribution in [3.05, 3.63) is 52.3 Å². The highest BCUT2D eigenvalue weighted by atomic mass is 16.5. The quantitative estimate of drug-likeness (QED) is 0.696. The Morgan fingerprint density at radius 3 is 2.71 bits per heavy atom. The van der Waals surface area contributed by atoms with E-state index in [0.29, 0.717) is 17.7 Å². The molecular formula is C19H20N2O3. The summed E-state index contributed by atoms with van der Waals surface area (Å²) in [5.74, 6) is -0.462. The van der Waals surface area contributed by atoms with Crippen LogP contribution in [0, 0.1) is 13.8 Å². The molecule has 0 radical (unpaired) electrons. The Morgan fingerprint density at radius 2 is 2.00 bits per heavy atom. The molecule has 0 atom stereocenters. The molecule has 0 bridgehead atoms. The van der Waals surface area contributed by atoms with Crippen molar-refractivity contribution < 1.29 is 14.3 Å². The van der Waals surface area contributed by atoms with Gasteiger partial charge in [-0.25, -0.2) is 4.79 Å². The van der Waals surface area contributed by atoms with Gasteiger partial charge in [0.2, 0.25) is 0 Å². The fourth-order valence-electron chi connectivity index (χ4n) is 3.13. The highest BCUT2D eigenvalue weighted by molar-refractivity contribution is 6.34. The van der Waals surface area contributed by atoms with Crippen molar-refractivity contribution in [2.24, 2.45) is 7.05 Å². The third-order valence-corrected chi connectivity index (χ3v) is 4.46. The van der Waals surface area contributed by atoms with Crippen LogP contribution in [0.1, 0.15) is 39.8 Å². The largest absolute Gasteiger partial charge is 0.462 e. The minimum atomic E-state index is -0.330. The van der Waals surface area contributed by atoms with Gasteiger partial charge >= 0.3 is 5.97 Å². The number of ether oxygens (including phenoxy) is 1. The number of hydrogen-bond donors (Lipinski definition) is 1. The number of rotatable bonds is 3. The van der Waals surface area contributed by atoms with E-state index in [9.17, 15) is 9.59 Å². The molecule has 1 N–H and O–H groups in total. The molecule has 1 aliphatic rings. The van der Waals surface area contributed by atoms with Gasteiger partial charge in [-0.05, 0) is 38.5 Å². The second-order valence-corrected chi connectivity index (χ2v) is 5.81. The summed E-state index contributed by atoms with van der Waals surface area (Å²) >= 11 is 0. The predicted octanol–water partition coefficient (Wildman–Crippen LogP) is 3.31. The van der Waals surface area contributed by atoms with Gasteiger partial charge in [-0.2, -0.15) is 0 Å². The van der Waals surface area contributed by atoms with E-state index in [2.05, 4.69) is 5.32 Å². The van der Waals surface area contributed by atoms with Gasteiger partial charge in [0.25, 0.3) is 5.91 Å². The number of nitrogens with zero attached hydrogens (tertiary/aromatic N) is 1. The van der Waals surface area contributed by atoms with Crippen LogP contribution in [0.15, 0.2) is 24.3 Å². The maximum atomic E-state index is 12.3. The fourth-order valence-corrected chi connectivity index (χ4v) is 3.13. The highest BCUT2D eigenvalue weighted by Crippen LogP contribution is 2.34. The number of fused-ring (bicyclic) bond motifs is 1. The molecule has 0 aliphatic carbocycles. The number of hydrogen-bond acceptors (Lipinski definition) is 3. The summed E-state index contributed by atoms with van der Waals surface area (Å²) in [6.07, 6.45) is 1.84. The number of carbonyl (C=O) groups excluding carboxylic acids is 2. The lowest BCUT2D eigenvalue weighted by Crippen LogP contribution is -2.07. The number of amides is 1. The Kier molecular flexibility index (Phi) is 4.01. The van der Waals surface area contributed by atoms with Crippen LogP contribution >= 0.6 is 0 Å². The normalized spacial score (nSPS) is 14.7. The first kappa shape index (κ1) is 16.1. The van der Waals surface area contributed by atoms with Crippen molar-refractivity contribution in [1.29, 1.82) is 0 Å². The molecule has 1 aromatic heterocycles. The standard InChI is InChI=1S/C19H20N2O3/c1-5-24-19(23)17-11(2)16(21(4)12(17)3)10-14-13-8-6-7-9-15(13)20-18(14)22/h6-10H,5H2,1-4H3,(H,20,22). The van der Waals surface area contributed by atoms with E-state index in [4.69, 9.17) is 4.74 Å². The Labute approximate surface area is 140 Å². The maximum Gasteiger partial charge on any atom is 0.340 e. The van der Waals surface area contributed by atoms with Gasteiger partial charge in [-0.1, -0.05) is 18.2 Å². The summed E-state index contributed by atoms with van der Waals surface area (Å²) in [6.45, 7) is 5.88. The first-order valence-corrected chi connectivity index (χ1v) is 7.91. The molecular weight excluding hydrogens is 304 g/mol. The monoisotopic (exact) mass is 324 g/mol. The van der Waals surface area contributed by atoms with Crippen LogP contribution in [0.4, 0.5) is 5.69 Å². The lowest BCUT2D eigenvalue weighted by atomic mass is 10.0. The number of benzene rings is 1. The lowest BCUT2D eigenvalue weighted by Gasteiger charge is -2.03. The van der Waals surface area contributed by atoms with Gasteiger partial charge in [0.05, 0.1) is 17.7 Å². The second kappa shape index (κ2) is 6.00. The molecule has 0 fully saturated rings. The molecule has 1 aromatic carbocycles. The summed E-state index contributed by atoms with van der Waals surface area (Å²) in [5.41, 5.74) is 5.32. The number of para-hydroxylation sites is 1. The summed E-state index contributed by atoms with van der Waals surface area (Å²) in [5, 5.41) is 2.86. The molecule has 3 rings (SSSR count). The molecule has 0 saturated carbocycles. The minimum Gasteiger partial charge on any atom is -0.462 e. The molecule has 1 aliphatic heterocycles. The maximum absolute atomic E-state index is 12.3.